The van der Waals surface area contributed by atoms with Crippen molar-refractivity contribution in [2.45, 2.75) is 110 Å². The van der Waals surface area contributed by atoms with E-state index in [1.165, 1.54) is 4.68 Å². The molecule has 0 spiro atoms. The number of unbranched alkanes of at least 4 members (excludes halogenated alkanes) is 3. The molecule has 0 saturated carbocycles. The first-order valence-corrected chi connectivity index (χ1v) is 13.6. The number of hydrogen-bond acceptors (Lipinski definition) is 6. The zero-order chi connectivity index (χ0) is 29.1. The van der Waals surface area contributed by atoms with Crippen LogP contribution in [0, 0.1) is 0 Å². The first-order chi connectivity index (χ1) is 18.4. The molecule has 0 aliphatic carbocycles. The third-order valence-electron chi connectivity index (χ3n) is 6.19. The lowest BCUT2D eigenvalue weighted by molar-refractivity contribution is -0.158. The molecule has 0 radical (unpaired) electrons. The Labute approximate surface area is 227 Å². The predicted molar refractivity (Wildman–Crippen MR) is 142 cm³/mol. The number of benzene rings is 1. The maximum Gasteiger partial charge on any atom is 0.389 e. The average molecular weight is 556 g/mol. The highest BCUT2D eigenvalue weighted by Crippen LogP contribution is 2.22. The topological polar surface area (TPSA) is 92.4 Å². The van der Waals surface area contributed by atoms with Gasteiger partial charge in [0.1, 0.15) is 11.4 Å². The number of hydrogen-bond donors (Lipinski definition) is 0. The molecule has 0 aliphatic heterocycles. The molecule has 8 nitrogen and oxygen atoms in total. The molecule has 0 atom stereocenters. The van der Waals surface area contributed by atoms with Crippen molar-refractivity contribution < 1.29 is 27.4 Å². The molecule has 2 aromatic rings. The zero-order valence-electron chi connectivity index (χ0n) is 23.3. The summed E-state index contributed by atoms with van der Waals surface area (Å²) in [4.78, 5) is 37.8. The molecular formula is C28H40F3N3O5. The molecule has 0 amide bonds. The monoisotopic (exact) mass is 555 g/mol. The summed E-state index contributed by atoms with van der Waals surface area (Å²) in [5.74, 6) is 0.0461. The van der Waals surface area contributed by atoms with Gasteiger partial charge in [-0.2, -0.15) is 18.3 Å². The summed E-state index contributed by atoms with van der Waals surface area (Å²) < 4.78 is 50.8. The van der Waals surface area contributed by atoms with Crippen LogP contribution in [0.2, 0.25) is 0 Å². The van der Waals surface area contributed by atoms with Gasteiger partial charge in [0, 0.05) is 19.5 Å². The van der Waals surface area contributed by atoms with Crippen LogP contribution in [-0.4, -0.2) is 38.7 Å². The summed E-state index contributed by atoms with van der Waals surface area (Å²) in [5.41, 5.74) is -1.26. The minimum Gasteiger partial charge on any atom is -0.476 e. The number of carbonyl (C=O) groups is 1. The fourth-order valence-electron chi connectivity index (χ4n) is 4.07. The summed E-state index contributed by atoms with van der Waals surface area (Å²) in [6.45, 7) is 7.22. The normalized spacial score (nSPS) is 12.0. The lowest BCUT2D eigenvalue weighted by atomic mass is 10.1. The van der Waals surface area contributed by atoms with Crippen molar-refractivity contribution in [3.05, 3.63) is 56.4 Å². The number of aromatic nitrogens is 3. The maximum absolute atomic E-state index is 12.9. The molecule has 11 heteroatoms. The fraction of sp³-hybridized carbons (Fsp3) is 0.643. The van der Waals surface area contributed by atoms with Crippen molar-refractivity contribution in [1.29, 1.82) is 0 Å². The van der Waals surface area contributed by atoms with E-state index < -0.39 is 35.4 Å². The quantitative estimate of drug-likeness (QED) is 0.208. The third-order valence-corrected chi connectivity index (χ3v) is 6.19. The highest BCUT2D eigenvalue weighted by atomic mass is 19.4. The number of ether oxygens (including phenoxy) is 2. The van der Waals surface area contributed by atoms with Gasteiger partial charge >= 0.3 is 17.8 Å². The second-order valence-corrected chi connectivity index (χ2v) is 10.0. The van der Waals surface area contributed by atoms with Crippen molar-refractivity contribution in [1.82, 2.24) is 14.3 Å². The molecule has 0 bridgehead atoms. The van der Waals surface area contributed by atoms with Gasteiger partial charge in [-0.15, -0.1) is 0 Å². The van der Waals surface area contributed by atoms with Crippen molar-refractivity contribution in [3.8, 4) is 5.75 Å². The van der Waals surface area contributed by atoms with Crippen molar-refractivity contribution >= 4 is 5.97 Å². The van der Waals surface area contributed by atoms with Gasteiger partial charge in [-0.05, 0) is 70.6 Å². The van der Waals surface area contributed by atoms with Gasteiger partial charge in [-0.25, -0.2) is 14.3 Å². The molecular weight excluding hydrogens is 515 g/mol. The van der Waals surface area contributed by atoms with Crippen molar-refractivity contribution in [2.24, 2.45) is 0 Å². The minimum absolute atomic E-state index is 0.212. The highest BCUT2D eigenvalue weighted by molar-refractivity contribution is 5.79. The number of alkyl halides is 3. The number of esters is 1. The summed E-state index contributed by atoms with van der Waals surface area (Å²) in [7, 11) is 0. The van der Waals surface area contributed by atoms with Gasteiger partial charge in [0.05, 0.1) is 6.61 Å². The smallest absolute Gasteiger partial charge is 0.389 e. The third kappa shape index (κ3) is 10.5. The maximum atomic E-state index is 12.9. The first kappa shape index (κ1) is 32.1. The van der Waals surface area contributed by atoms with E-state index in [9.17, 15) is 27.6 Å². The molecule has 0 N–H and O–H groups in total. The first-order valence-electron chi connectivity index (χ1n) is 13.6. The Morgan fingerprint density at radius 3 is 2.23 bits per heavy atom. The lowest BCUT2D eigenvalue weighted by Gasteiger charge is -2.24. The number of rotatable bonds is 16. The molecule has 0 saturated heterocycles. The Morgan fingerprint density at radius 2 is 1.62 bits per heavy atom. The van der Waals surface area contributed by atoms with E-state index in [4.69, 9.17) is 9.47 Å². The van der Waals surface area contributed by atoms with Gasteiger partial charge in [0.15, 0.2) is 5.60 Å². The van der Waals surface area contributed by atoms with Crippen LogP contribution >= 0.6 is 0 Å². The molecule has 1 aromatic carbocycles. The van der Waals surface area contributed by atoms with Crippen LogP contribution in [-0.2, 0) is 35.5 Å². The molecule has 1 heterocycles. The van der Waals surface area contributed by atoms with Crippen LogP contribution in [0.1, 0.15) is 83.9 Å². The Morgan fingerprint density at radius 1 is 0.923 bits per heavy atom. The molecule has 1 aromatic heterocycles. The van der Waals surface area contributed by atoms with E-state index in [1.54, 1.807) is 32.9 Å². The fourth-order valence-corrected chi connectivity index (χ4v) is 4.07. The average Bonchev–Trinajstić information content (AvgIpc) is 2.86. The second-order valence-electron chi connectivity index (χ2n) is 10.0. The number of nitrogens with zero attached hydrogens (tertiary/aromatic N) is 3. The van der Waals surface area contributed by atoms with E-state index in [0.29, 0.717) is 25.0 Å². The van der Waals surface area contributed by atoms with E-state index in [-0.39, 0.29) is 31.8 Å². The minimum atomic E-state index is -4.35. The summed E-state index contributed by atoms with van der Waals surface area (Å²) in [6, 6.07) is 7.19. The van der Waals surface area contributed by atoms with Crippen LogP contribution < -0.4 is 16.0 Å². The van der Waals surface area contributed by atoms with Crippen LogP contribution in [0.5, 0.6) is 5.75 Å². The number of carbonyl (C=O) groups excluding carboxylic acids is 1. The Kier molecular flexibility index (Phi) is 12.3. The van der Waals surface area contributed by atoms with Gasteiger partial charge in [0.25, 0.3) is 5.56 Å². The zero-order valence-corrected chi connectivity index (χ0v) is 23.3. The summed E-state index contributed by atoms with van der Waals surface area (Å²) in [6.07, 6.45) is -0.626. The summed E-state index contributed by atoms with van der Waals surface area (Å²) >= 11 is 0. The number of halogens is 3. The van der Waals surface area contributed by atoms with Crippen LogP contribution in [0.25, 0.3) is 0 Å². The Hall–Kier alpha value is -3.11. The van der Waals surface area contributed by atoms with Crippen molar-refractivity contribution in [3.63, 3.8) is 0 Å². The number of aryl methyl sites for hydroxylation is 3. The molecule has 0 fully saturated rings. The summed E-state index contributed by atoms with van der Waals surface area (Å²) in [5, 5.41) is 4.29. The van der Waals surface area contributed by atoms with Gasteiger partial charge in [0.2, 0.25) is 0 Å². The van der Waals surface area contributed by atoms with E-state index in [0.717, 1.165) is 35.8 Å². The molecule has 218 valence electrons. The van der Waals surface area contributed by atoms with Gasteiger partial charge in [-0.3, -0.25) is 9.36 Å². The van der Waals surface area contributed by atoms with E-state index in [1.807, 2.05) is 12.1 Å². The SMILES string of the molecule is CCCCCCc1nn(CCCc2ccc(OC(C)(C)C(=O)OCC)cc2)c(=O)n(CCCC(F)(F)F)c1=O. The molecule has 39 heavy (non-hydrogen) atoms. The second kappa shape index (κ2) is 14.9. The molecule has 0 unspecified atom stereocenters. The lowest BCUT2D eigenvalue weighted by Crippen LogP contribution is -2.43. The van der Waals surface area contributed by atoms with E-state index in [2.05, 4.69) is 12.0 Å². The highest BCUT2D eigenvalue weighted by Gasteiger charge is 2.31. The van der Waals surface area contributed by atoms with E-state index >= 15 is 0 Å². The Balaban J connectivity index is 2.10. The Bertz CT molecular complexity index is 1170. The molecule has 0 aliphatic rings. The molecule has 2 rings (SSSR count). The standard InChI is InChI=1S/C28H40F3N3O5/c1-5-7-8-9-13-23-24(35)33(19-11-18-28(29,30)31)26(37)34(32-23)20-10-12-21-14-16-22(17-15-21)39-27(3,4)25(36)38-6-2/h14-17H,5-13,18-20H2,1-4H3. The van der Waals surface area contributed by atoms with Crippen LogP contribution in [0.15, 0.2) is 33.9 Å². The van der Waals surface area contributed by atoms with Crippen LogP contribution in [0.3, 0.4) is 0 Å². The van der Waals surface area contributed by atoms with Crippen LogP contribution in [0.4, 0.5) is 13.2 Å². The van der Waals surface area contributed by atoms with Gasteiger partial charge in [-0.1, -0.05) is 38.3 Å². The van der Waals surface area contributed by atoms with Crippen molar-refractivity contribution in [2.75, 3.05) is 6.61 Å². The largest absolute Gasteiger partial charge is 0.476 e. The predicted octanol–water partition coefficient (Wildman–Crippen LogP) is 5.22. The van der Waals surface area contributed by atoms with Gasteiger partial charge < -0.3 is 9.47 Å².